The molecule has 2 aromatic rings. The van der Waals surface area contributed by atoms with Crippen LogP contribution in [0.1, 0.15) is 0 Å². The third-order valence-corrected chi connectivity index (χ3v) is 3.86. The summed E-state index contributed by atoms with van der Waals surface area (Å²) in [5, 5.41) is 7.04. The molecule has 1 aromatic carbocycles. The minimum absolute atomic E-state index is 0.172. The Balaban J connectivity index is 1.73. The first kappa shape index (κ1) is 17.0. The van der Waals surface area contributed by atoms with Gasteiger partial charge < -0.3 is 19.7 Å². The minimum atomic E-state index is -0.349. The quantitative estimate of drug-likeness (QED) is 0.861. The molecule has 8 nitrogen and oxygen atoms in total. The Morgan fingerprint density at radius 3 is 2.76 bits per heavy atom. The van der Waals surface area contributed by atoms with Gasteiger partial charge in [-0.3, -0.25) is 9.59 Å². The summed E-state index contributed by atoms with van der Waals surface area (Å²) >= 11 is 0. The van der Waals surface area contributed by atoms with E-state index in [9.17, 15) is 9.59 Å². The molecule has 0 atom stereocenters. The van der Waals surface area contributed by atoms with Crippen molar-refractivity contribution in [1.29, 1.82) is 0 Å². The third kappa shape index (κ3) is 4.16. The number of ether oxygens (including phenoxy) is 2. The predicted octanol–water partition coefficient (Wildman–Crippen LogP) is 0.727. The monoisotopic (exact) mass is 344 g/mol. The molecule has 1 saturated heterocycles. The third-order valence-electron chi connectivity index (χ3n) is 3.86. The zero-order chi connectivity index (χ0) is 17.6. The number of methoxy groups -OCH3 is 1. The summed E-state index contributed by atoms with van der Waals surface area (Å²) in [6.45, 7) is 2.48. The number of anilines is 2. The minimum Gasteiger partial charge on any atom is -0.495 e. The fourth-order valence-electron chi connectivity index (χ4n) is 2.59. The lowest BCUT2D eigenvalue weighted by Gasteiger charge is -2.27. The molecule has 1 aliphatic heterocycles. The number of carbonyl (C=O) groups is 1. The summed E-state index contributed by atoms with van der Waals surface area (Å²) in [5.74, 6) is 0.865. The van der Waals surface area contributed by atoms with Gasteiger partial charge in [0.15, 0.2) is 0 Å². The first-order chi connectivity index (χ1) is 12.2. The number of para-hydroxylation sites is 2. The number of nitrogens with one attached hydrogen (secondary N) is 1. The molecule has 2 heterocycles. The molecule has 1 aliphatic rings. The summed E-state index contributed by atoms with van der Waals surface area (Å²) < 4.78 is 11.7. The van der Waals surface area contributed by atoms with Crippen LogP contribution in [0.5, 0.6) is 5.75 Å². The van der Waals surface area contributed by atoms with E-state index in [1.165, 1.54) is 13.2 Å². The van der Waals surface area contributed by atoms with E-state index in [0.29, 0.717) is 43.6 Å². The fraction of sp³-hybridized carbons (Fsp3) is 0.353. The molecule has 0 radical (unpaired) electrons. The van der Waals surface area contributed by atoms with Gasteiger partial charge in [-0.2, -0.15) is 5.10 Å². The summed E-state index contributed by atoms with van der Waals surface area (Å²) in [5.41, 5.74) is 0.222. The second-order valence-corrected chi connectivity index (χ2v) is 5.54. The van der Waals surface area contributed by atoms with Crippen LogP contribution >= 0.6 is 0 Å². The van der Waals surface area contributed by atoms with E-state index in [1.807, 2.05) is 11.0 Å². The van der Waals surface area contributed by atoms with Crippen molar-refractivity contribution in [1.82, 2.24) is 9.78 Å². The van der Waals surface area contributed by atoms with Crippen molar-refractivity contribution in [2.75, 3.05) is 43.6 Å². The van der Waals surface area contributed by atoms with E-state index < -0.39 is 0 Å². The van der Waals surface area contributed by atoms with Gasteiger partial charge in [-0.15, -0.1) is 0 Å². The number of hydrogen-bond donors (Lipinski definition) is 1. The van der Waals surface area contributed by atoms with Gasteiger partial charge in [0, 0.05) is 19.2 Å². The SMILES string of the molecule is COc1ccccc1NC(=O)Cn1nc(N2CCOCC2)ccc1=O. The van der Waals surface area contributed by atoms with E-state index >= 15 is 0 Å². The number of carbonyl (C=O) groups excluding carboxylic acids is 1. The molecule has 0 bridgehead atoms. The summed E-state index contributed by atoms with van der Waals surface area (Å²) in [6, 6.07) is 10.2. The summed E-state index contributed by atoms with van der Waals surface area (Å²) in [6.07, 6.45) is 0. The van der Waals surface area contributed by atoms with E-state index in [0.717, 1.165) is 4.68 Å². The van der Waals surface area contributed by atoms with E-state index in [1.54, 1.807) is 24.3 Å². The number of aromatic nitrogens is 2. The van der Waals surface area contributed by atoms with Crippen molar-refractivity contribution >= 4 is 17.4 Å². The van der Waals surface area contributed by atoms with Gasteiger partial charge >= 0.3 is 0 Å². The molecule has 0 unspecified atom stereocenters. The first-order valence-electron chi connectivity index (χ1n) is 8.01. The van der Waals surface area contributed by atoms with Gasteiger partial charge in [0.1, 0.15) is 18.1 Å². The number of rotatable bonds is 5. The van der Waals surface area contributed by atoms with Gasteiger partial charge in [0.25, 0.3) is 5.56 Å². The highest BCUT2D eigenvalue weighted by molar-refractivity contribution is 5.92. The van der Waals surface area contributed by atoms with Crippen LogP contribution in [0, 0.1) is 0 Å². The van der Waals surface area contributed by atoms with Crippen LogP contribution < -0.4 is 20.5 Å². The topological polar surface area (TPSA) is 85.7 Å². The normalized spacial score (nSPS) is 14.2. The lowest BCUT2D eigenvalue weighted by molar-refractivity contribution is -0.117. The molecule has 0 spiro atoms. The van der Waals surface area contributed by atoms with Gasteiger partial charge in [-0.1, -0.05) is 12.1 Å². The van der Waals surface area contributed by atoms with Crippen LogP contribution in [0.25, 0.3) is 0 Å². The summed E-state index contributed by atoms with van der Waals surface area (Å²) in [7, 11) is 1.53. The maximum Gasteiger partial charge on any atom is 0.267 e. The van der Waals surface area contributed by atoms with Gasteiger partial charge in [0.05, 0.1) is 26.0 Å². The number of morpholine rings is 1. The van der Waals surface area contributed by atoms with Crippen LogP contribution in [0.4, 0.5) is 11.5 Å². The molecule has 1 fully saturated rings. The Bertz CT molecular complexity index is 799. The molecule has 3 rings (SSSR count). The Hall–Kier alpha value is -2.87. The molecular formula is C17H20N4O4. The average molecular weight is 344 g/mol. The Labute approximate surface area is 145 Å². The standard InChI is InChI=1S/C17H20N4O4/c1-24-14-5-3-2-4-13(14)18-16(22)12-21-17(23)7-6-15(19-21)20-8-10-25-11-9-20/h2-7H,8-12H2,1H3,(H,18,22). The van der Waals surface area contributed by atoms with Crippen LogP contribution in [0.15, 0.2) is 41.2 Å². The van der Waals surface area contributed by atoms with Crippen molar-refractivity contribution in [3.8, 4) is 5.75 Å². The number of amides is 1. The first-order valence-corrected chi connectivity index (χ1v) is 8.01. The Kier molecular flexibility index (Phi) is 5.30. The second-order valence-electron chi connectivity index (χ2n) is 5.54. The Morgan fingerprint density at radius 2 is 2.00 bits per heavy atom. The van der Waals surface area contributed by atoms with Crippen molar-refractivity contribution in [3.63, 3.8) is 0 Å². The lowest BCUT2D eigenvalue weighted by Crippen LogP contribution is -2.38. The average Bonchev–Trinajstić information content (AvgIpc) is 2.64. The predicted molar refractivity (Wildman–Crippen MR) is 93.2 cm³/mol. The molecule has 1 amide bonds. The summed E-state index contributed by atoms with van der Waals surface area (Å²) in [4.78, 5) is 26.3. The molecule has 25 heavy (non-hydrogen) atoms. The van der Waals surface area contributed by atoms with Gasteiger partial charge in [-0.05, 0) is 18.2 Å². The van der Waals surface area contributed by atoms with Gasteiger partial charge in [0.2, 0.25) is 5.91 Å². The van der Waals surface area contributed by atoms with Crippen LogP contribution in [0.2, 0.25) is 0 Å². The van der Waals surface area contributed by atoms with Gasteiger partial charge in [-0.25, -0.2) is 4.68 Å². The molecule has 132 valence electrons. The molecule has 8 heteroatoms. The van der Waals surface area contributed by atoms with Crippen molar-refractivity contribution in [2.24, 2.45) is 0 Å². The largest absolute Gasteiger partial charge is 0.495 e. The highest BCUT2D eigenvalue weighted by atomic mass is 16.5. The van der Waals surface area contributed by atoms with Crippen molar-refractivity contribution < 1.29 is 14.3 Å². The molecule has 1 aromatic heterocycles. The fourth-order valence-corrected chi connectivity index (χ4v) is 2.59. The van der Waals surface area contributed by atoms with Crippen LogP contribution in [0.3, 0.4) is 0 Å². The highest BCUT2D eigenvalue weighted by Gasteiger charge is 2.15. The maximum atomic E-state index is 12.3. The van der Waals surface area contributed by atoms with E-state index in [4.69, 9.17) is 9.47 Å². The lowest BCUT2D eigenvalue weighted by atomic mass is 10.3. The smallest absolute Gasteiger partial charge is 0.267 e. The van der Waals surface area contributed by atoms with Crippen molar-refractivity contribution in [3.05, 3.63) is 46.8 Å². The second kappa shape index (κ2) is 7.80. The molecule has 0 aliphatic carbocycles. The zero-order valence-corrected chi connectivity index (χ0v) is 14.0. The zero-order valence-electron chi connectivity index (χ0n) is 14.0. The van der Waals surface area contributed by atoms with Crippen molar-refractivity contribution in [2.45, 2.75) is 6.54 Å². The maximum absolute atomic E-state index is 12.3. The Morgan fingerprint density at radius 1 is 1.24 bits per heavy atom. The van der Waals surface area contributed by atoms with E-state index in [-0.39, 0.29) is 18.0 Å². The molecule has 0 saturated carbocycles. The van der Waals surface area contributed by atoms with Crippen LogP contribution in [-0.4, -0.2) is 49.1 Å². The van der Waals surface area contributed by atoms with E-state index in [2.05, 4.69) is 10.4 Å². The number of nitrogens with zero attached hydrogens (tertiary/aromatic N) is 3. The van der Waals surface area contributed by atoms with Crippen LogP contribution in [-0.2, 0) is 16.1 Å². The highest BCUT2D eigenvalue weighted by Crippen LogP contribution is 2.22. The molecule has 1 N–H and O–H groups in total. The molecular weight excluding hydrogens is 324 g/mol. The number of hydrogen-bond acceptors (Lipinski definition) is 6. The number of benzene rings is 1.